The molecule has 0 aliphatic carbocycles. The monoisotopic (exact) mass is 370 g/mol. The summed E-state index contributed by atoms with van der Waals surface area (Å²) in [7, 11) is 4.49. The van der Waals surface area contributed by atoms with Crippen LogP contribution in [0.4, 0.5) is 4.39 Å². The first-order valence-corrected chi connectivity index (χ1v) is 8.58. The molecule has 0 unspecified atom stereocenters. The normalized spacial score (nSPS) is 14.6. The number of hydrogen-bond donors (Lipinski definition) is 0. The van der Waals surface area contributed by atoms with Crippen LogP contribution in [-0.2, 0) is 0 Å². The van der Waals surface area contributed by atoms with Crippen molar-refractivity contribution in [2.45, 2.75) is 19.4 Å². The minimum absolute atomic E-state index is 0.0793. The van der Waals surface area contributed by atoms with Gasteiger partial charge >= 0.3 is 0 Å². The second kappa shape index (κ2) is 7.35. The Kier molecular flexibility index (Phi) is 5.13. The van der Waals surface area contributed by atoms with Gasteiger partial charge in [-0.05, 0) is 50.3 Å². The van der Waals surface area contributed by atoms with E-state index in [-0.39, 0.29) is 11.4 Å². The van der Waals surface area contributed by atoms with E-state index in [2.05, 4.69) is 0 Å². The molecule has 1 aliphatic rings. The highest BCUT2D eigenvalue weighted by Gasteiger charge is 2.24. The maximum atomic E-state index is 14.6. The molecule has 0 amide bonds. The van der Waals surface area contributed by atoms with Crippen molar-refractivity contribution < 1.29 is 23.3 Å². The molecule has 27 heavy (non-hydrogen) atoms. The van der Waals surface area contributed by atoms with Gasteiger partial charge < -0.3 is 18.9 Å². The van der Waals surface area contributed by atoms with Gasteiger partial charge in [-0.15, -0.1) is 0 Å². The van der Waals surface area contributed by atoms with Gasteiger partial charge in [0.1, 0.15) is 17.1 Å². The van der Waals surface area contributed by atoms with Gasteiger partial charge in [0.2, 0.25) is 0 Å². The van der Waals surface area contributed by atoms with Crippen LogP contribution in [0.5, 0.6) is 23.0 Å². The number of fused-ring (bicyclic) bond motifs is 1. The Bertz CT molecular complexity index is 913. The molecule has 0 radical (unpaired) electrons. The molecule has 0 fully saturated rings. The van der Waals surface area contributed by atoms with Gasteiger partial charge in [-0.2, -0.15) is 0 Å². The van der Waals surface area contributed by atoms with E-state index in [9.17, 15) is 4.39 Å². The molecule has 2 aromatic carbocycles. The Morgan fingerprint density at radius 1 is 0.889 bits per heavy atom. The fraction of sp³-hybridized carbons (Fsp3) is 0.273. The highest BCUT2D eigenvalue weighted by atomic mass is 19.1. The highest BCUT2D eigenvalue weighted by molar-refractivity contribution is 5.79. The number of hydrogen-bond acceptors (Lipinski definition) is 4. The average molecular weight is 370 g/mol. The Morgan fingerprint density at radius 3 is 2.22 bits per heavy atom. The molecule has 0 bridgehead atoms. The standard InChI is InChI=1S/C22H23FO4/c1-22(2)13-12-16-17(27-22)10-9-15(20(16)25-4)7-6-14-8-11-18(24-3)21(26-5)19(14)23/h6-13H,1-5H3/b7-6+. The Balaban J connectivity index is 2.00. The Hall–Kier alpha value is -2.95. The Morgan fingerprint density at radius 2 is 1.56 bits per heavy atom. The summed E-state index contributed by atoms with van der Waals surface area (Å²) in [4.78, 5) is 0. The quantitative estimate of drug-likeness (QED) is 0.678. The number of rotatable bonds is 5. The second-order valence-corrected chi connectivity index (χ2v) is 6.68. The van der Waals surface area contributed by atoms with E-state index in [1.165, 1.54) is 14.2 Å². The van der Waals surface area contributed by atoms with Crippen molar-refractivity contribution in [1.29, 1.82) is 0 Å². The summed E-state index contributed by atoms with van der Waals surface area (Å²) in [5.41, 5.74) is 1.71. The van der Waals surface area contributed by atoms with Crippen molar-refractivity contribution in [3.8, 4) is 23.0 Å². The SMILES string of the molecule is COc1ccc(/C=C/c2ccc3c(c2OC)C=CC(C)(C)O3)c(F)c1OC. The molecular weight excluding hydrogens is 347 g/mol. The lowest BCUT2D eigenvalue weighted by molar-refractivity contribution is 0.158. The van der Waals surface area contributed by atoms with Crippen LogP contribution in [0.2, 0.25) is 0 Å². The summed E-state index contributed by atoms with van der Waals surface area (Å²) in [5.74, 6) is 1.39. The molecule has 5 heteroatoms. The summed E-state index contributed by atoms with van der Waals surface area (Å²) in [6.45, 7) is 3.99. The lowest BCUT2D eigenvalue weighted by Gasteiger charge is -2.29. The van der Waals surface area contributed by atoms with Crippen molar-refractivity contribution in [2.24, 2.45) is 0 Å². The maximum absolute atomic E-state index is 14.6. The zero-order valence-electron chi connectivity index (χ0n) is 16.1. The van der Waals surface area contributed by atoms with Crippen molar-refractivity contribution >= 4 is 18.2 Å². The van der Waals surface area contributed by atoms with Crippen LogP contribution in [0.1, 0.15) is 30.5 Å². The molecule has 0 atom stereocenters. The molecule has 4 nitrogen and oxygen atoms in total. The van der Waals surface area contributed by atoms with E-state index in [0.29, 0.717) is 17.1 Å². The zero-order valence-corrected chi connectivity index (χ0v) is 16.1. The molecule has 0 saturated carbocycles. The zero-order chi connectivity index (χ0) is 19.6. The molecule has 0 spiro atoms. The molecule has 0 saturated heterocycles. The molecule has 0 N–H and O–H groups in total. The minimum atomic E-state index is -0.477. The van der Waals surface area contributed by atoms with Crippen LogP contribution in [0, 0.1) is 5.82 Å². The van der Waals surface area contributed by atoms with E-state index in [1.807, 2.05) is 38.1 Å². The lowest BCUT2D eigenvalue weighted by atomic mass is 9.99. The number of halogens is 1. The largest absolute Gasteiger partial charge is 0.495 e. The molecule has 3 rings (SSSR count). The van der Waals surface area contributed by atoms with E-state index in [4.69, 9.17) is 18.9 Å². The summed E-state index contributed by atoms with van der Waals surface area (Å²) in [6, 6.07) is 7.10. The first-order valence-electron chi connectivity index (χ1n) is 8.58. The van der Waals surface area contributed by atoms with Gasteiger partial charge in [0, 0.05) is 11.1 Å². The van der Waals surface area contributed by atoms with Crippen molar-refractivity contribution in [1.82, 2.24) is 0 Å². The van der Waals surface area contributed by atoms with Crippen LogP contribution in [0.15, 0.2) is 30.3 Å². The van der Waals surface area contributed by atoms with Crippen LogP contribution >= 0.6 is 0 Å². The third kappa shape index (κ3) is 3.63. The molecule has 2 aromatic rings. The van der Waals surface area contributed by atoms with Crippen LogP contribution < -0.4 is 18.9 Å². The van der Waals surface area contributed by atoms with Gasteiger partial charge in [0.05, 0.1) is 26.9 Å². The third-order valence-electron chi connectivity index (χ3n) is 4.37. The van der Waals surface area contributed by atoms with E-state index in [0.717, 1.165) is 16.9 Å². The molecule has 142 valence electrons. The topological polar surface area (TPSA) is 36.9 Å². The molecule has 1 heterocycles. The van der Waals surface area contributed by atoms with Crippen LogP contribution in [-0.4, -0.2) is 26.9 Å². The summed E-state index contributed by atoms with van der Waals surface area (Å²) >= 11 is 0. The first kappa shape index (κ1) is 18.8. The van der Waals surface area contributed by atoms with Crippen molar-refractivity contribution in [2.75, 3.05) is 21.3 Å². The summed E-state index contributed by atoms with van der Waals surface area (Å²) in [6.07, 6.45) is 7.46. The smallest absolute Gasteiger partial charge is 0.197 e. The fourth-order valence-corrected chi connectivity index (χ4v) is 3.02. The molecule has 1 aliphatic heterocycles. The second-order valence-electron chi connectivity index (χ2n) is 6.68. The van der Waals surface area contributed by atoms with E-state index in [1.54, 1.807) is 31.4 Å². The lowest BCUT2D eigenvalue weighted by Crippen LogP contribution is -2.27. The summed E-state index contributed by atoms with van der Waals surface area (Å²) < 4.78 is 36.4. The number of benzene rings is 2. The van der Waals surface area contributed by atoms with Crippen molar-refractivity contribution in [3.05, 3.63) is 52.8 Å². The summed E-state index contributed by atoms with van der Waals surface area (Å²) in [5, 5.41) is 0. The predicted molar refractivity (Wildman–Crippen MR) is 105 cm³/mol. The third-order valence-corrected chi connectivity index (χ3v) is 4.37. The van der Waals surface area contributed by atoms with Gasteiger partial charge in [0.25, 0.3) is 0 Å². The average Bonchev–Trinajstić information content (AvgIpc) is 2.65. The van der Waals surface area contributed by atoms with Crippen LogP contribution in [0.3, 0.4) is 0 Å². The molecule has 0 aromatic heterocycles. The van der Waals surface area contributed by atoms with Gasteiger partial charge in [-0.1, -0.05) is 12.2 Å². The van der Waals surface area contributed by atoms with Gasteiger partial charge in [0.15, 0.2) is 17.3 Å². The Labute approximate surface area is 158 Å². The first-order chi connectivity index (χ1) is 12.9. The van der Waals surface area contributed by atoms with E-state index >= 15 is 0 Å². The maximum Gasteiger partial charge on any atom is 0.197 e. The van der Waals surface area contributed by atoms with Gasteiger partial charge in [-0.25, -0.2) is 4.39 Å². The van der Waals surface area contributed by atoms with E-state index < -0.39 is 5.82 Å². The van der Waals surface area contributed by atoms with Crippen molar-refractivity contribution in [3.63, 3.8) is 0 Å². The number of methoxy groups -OCH3 is 3. The van der Waals surface area contributed by atoms with Gasteiger partial charge in [-0.3, -0.25) is 0 Å². The number of ether oxygens (including phenoxy) is 4. The van der Waals surface area contributed by atoms with Crippen LogP contribution in [0.25, 0.3) is 18.2 Å². The fourth-order valence-electron chi connectivity index (χ4n) is 3.02. The minimum Gasteiger partial charge on any atom is -0.495 e. The predicted octanol–water partition coefficient (Wildman–Crippen LogP) is 5.21. The highest BCUT2D eigenvalue weighted by Crippen LogP contribution is 2.40. The molecular formula is C22H23FO4.